The third-order valence-electron chi connectivity index (χ3n) is 3.50. The molecule has 1 atom stereocenters. The summed E-state index contributed by atoms with van der Waals surface area (Å²) in [4.78, 5) is 1.87. The van der Waals surface area contributed by atoms with Crippen molar-refractivity contribution >= 4 is 5.69 Å². The molecular formula is C16H16FNO3. The summed E-state index contributed by atoms with van der Waals surface area (Å²) in [6, 6.07) is 11.6. The first-order valence-electron chi connectivity index (χ1n) is 6.68. The van der Waals surface area contributed by atoms with Crippen molar-refractivity contribution in [1.82, 2.24) is 0 Å². The Bertz CT molecular complexity index is 630. The monoisotopic (exact) mass is 289 g/mol. The Hall–Kier alpha value is -2.27. The molecule has 1 N–H and O–H groups in total. The number of anilines is 1. The molecule has 4 nitrogen and oxygen atoms in total. The Kier molecular flexibility index (Phi) is 3.66. The van der Waals surface area contributed by atoms with Crippen LogP contribution in [0.3, 0.4) is 0 Å². The van der Waals surface area contributed by atoms with Crippen LogP contribution in [-0.4, -0.2) is 25.5 Å². The van der Waals surface area contributed by atoms with Gasteiger partial charge >= 0.3 is 0 Å². The first-order valence-corrected chi connectivity index (χ1v) is 6.68. The van der Waals surface area contributed by atoms with Crippen LogP contribution in [0.2, 0.25) is 0 Å². The minimum atomic E-state index is -0.672. The number of hydrogen-bond acceptors (Lipinski definition) is 4. The lowest BCUT2D eigenvalue weighted by Gasteiger charge is -2.23. The van der Waals surface area contributed by atoms with Crippen LogP contribution in [0.1, 0.15) is 11.7 Å². The molecule has 1 unspecified atom stereocenters. The maximum absolute atomic E-state index is 12.9. The third-order valence-corrected chi connectivity index (χ3v) is 3.50. The maximum Gasteiger partial charge on any atom is 0.231 e. The van der Waals surface area contributed by atoms with Crippen molar-refractivity contribution in [2.24, 2.45) is 0 Å². The molecule has 21 heavy (non-hydrogen) atoms. The number of aliphatic hydroxyl groups excluding tert-OH is 1. The van der Waals surface area contributed by atoms with E-state index >= 15 is 0 Å². The van der Waals surface area contributed by atoms with Crippen LogP contribution in [0.15, 0.2) is 42.5 Å². The zero-order chi connectivity index (χ0) is 14.8. The van der Waals surface area contributed by atoms with Crippen LogP contribution in [0.5, 0.6) is 11.5 Å². The highest BCUT2D eigenvalue weighted by Crippen LogP contribution is 2.34. The van der Waals surface area contributed by atoms with Gasteiger partial charge in [-0.1, -0.05) is 6.07 Å². The fourth-order valence-electron chi connectivity index (χ4n) is 2.29. The molecule has 0 aromatic heterocycles. The number of rotatable bonds is 4. The van der Waals surface area contributed by atoms with Crippen molar-refractivity contribution < 1.29 is 19.0 Å². The van der Waals surface area contributed by atoms with Gasteiger partial charge in [0, 0.05) is 19.3 Å². The van der Waals surface area contributed by atoms with Crippen molar-refractivity contribution in [2.75, 3.05) is 25.3 Å². The van der Waals surface area contributed by atoms with E-state index in [1.54, 1.807) is 24.3 Å². The minimum absolute atomic E-state index is 0.213. The Morgan fingerprint density at radius 2 is 1.86 bits per heavy atom. The van der Waals surface area contributed by atoms with Gasteiger partial charge in [0.25, 0.3) is 0 Å². The quantitative estimate of drug-likeness (QED) is 0.939. The number of ether oxygens (including phenoxy) is 2. The number of halogens is 1. The summed E-state index contributed by atoms with van der Waals surface area (Å²) in [5, 5.41) is 10.3. The van der Waals surface area contributed by atoms with E-state index in [0.717, 1.165) is 11.3 Å². The van der Waals surface area contributed by atoms with Crippen molar-refractivity contribution in [3.63, 3.8) is 0 Å². The van der Waals surface area contributed by atoms with E-state index in [1.807, 2.05) is 18.0 Å². The largest absolute Gasteiger partial charge is 0.454 e. The summed E-state index contributed by atoms with van der Waals surface area (Å²) >= 11 is 0. The van der Waals surface area contributed by atoms with Crippen molar-refractivity contribution in [1.29, 1.82) is 0 Å². The molecule has 0 spiro atoms. The Labute approximate surface area is 122 Å². The predicted octanol–water partition coefficient (Wildman–Crippen LogP) is 2.72. The molecule has 0 bridgehead atoms. The molecule has 0 amide bonds. The molecule has 0 saturated carbocycles. The highest BCUT2D eigenvalue weighted by molar-refractivity contribution is 5.47. The van der Waals surface area contributed by atoms with Gasteiger partial charge < -0.3 is 19.5 Å². The standard InChI is InChI=1S/C16H16FNO3/c1-18(13-5-3-12(17)4-6-13)9-14(19)11-2-7-15-16(8-11)21-10-20-15/h2-8,14,19H,9-10H2,1H3. The molecule has 1 aliphatic rings. The molecule has 0 fully saturated rings. The van der Waals surface area contributed by atoms with E-state index in [2.05, 4.69) is 0 Å². The summed E-state index contributed by atoms with van der Waals surface area (Å²) in [6.07, 6.45) is -0.672. The molecule has 110 valence electrons. The van der Waals surface area contributed by atoms with Crippen LogP contribution >= 0.6 is 0 Å². The zero-order valence-electron chi connectivity index (χ0n) is 11.6. The van der Waals surface area contributed by atoms with Gasteiger partial charge in [-0.15, -0.1) is 0 Å². The summed E-state index contributed by atoms with van der Waals surface area (Å²) in [5.41, 5.74) is 1.60. The van der Waals surface area contributed by atoms with Gasteiger partial charge in [-0.3, -0.25) is 0 Å². The van der Waals surface area contributed by atoms with Gasteiger partial charge in [-0.25, -0.2) is 4.39 Å². The number of hydrogen-bond donors (Lipinski definition) is 1. The fraction of sp³-hybridized carbons (Fsp3) is 0.250. The van der Waals surface area contributed by atoms with E-state index in [9.17, 15) is 9.50 Å². The second-order valence-corrected chi connectivity index (χ2v) is 4.99. The average molecular weight is 289 g/mol. The summed E-state index contributed by atoms with van der Waals surface area (Å²) < 4.78 is 23.5. The minimum Gasteiger partial charge on any atom is -0.454 e. The number of fused-ring (bicyclic) bond motifs is 1. The van der Waals surface area contributed by atoms with Crippen LogP contribution in [0.4, 0.5) is 10.1 Å². The molecule has 1 aliphatic heterocycles. The van der Waals surface area contributed by atoms with Gasteiger partial charge in [0.2, 0.25) is 6.79 Å². The van der Waals surface area contributed by atoms with Gasteiger partial charge in [0.15, 0.2) is 11.5 Å². The van der Waals surface area contributed by atoms with E-state index < -0.39 is 6.10 Å². The van der Waals surface area contributed by atoms with Gasteiger partial charge in [0.05, 0.1) is 6.10 Å². The SMILES string of the molecule is CN(CC(O)c1ccc2c(c1)OCO2)c1ccc(F)cc1. The predicted molar refractivity (Wildman–Crippen MR) is 77.2 cm³/mol. The highest BCUT2D eigenvalue weighted by atomic mass is 19.1. The Morgan fingerprint density at radius 3 is 2.62 bits per heavy atom. The molecule has 0 aliphatic carbocycles. The molecular weight excluding hydrogens is 273 g/mol. The lowest BCUT2D eigenvalue weighted by atomic mass is 10.1. The molecule has 2 aromatic carbocycles. The molecule has 0 radical (unpaired) electrons. The van der Waals surface area contributed by atoms with Crippen molar-refractivity contribution in [3.8, 4) is 11.5 Å². The number of nitrogens with zero attached hydrogens (tertiary/aromatic N) is 1. The van der Waals surface area contributed by atoms with Crippen LogP contribution in [0, 0.1) is 5.82 Å². The first-order chi connectivity index (χ1) is 10.1. The van der Waals surface area contributed by atoms with E-state index in [4.69, 9.17) is 9.47 Å². The maximum atomic E-state index is 12.9. The Balaban J connectivity index is 1.70. The fourth-order valence-corrected chi connectivity index (χ4v) is 2.29. The lowest BCUT2D eigenvalue weighted by Crippen LogP contribution is -2.24. The molecule has 3 rings (SSSR count). The molecule has 1 heterocycles. The first kappa shape index (κ1) is 13.7. The third kappa shape index (κ3) is 2.92. The molecule has 2 aromatic rings. The zero-order valence-corrected chi connectivity index (χ0v) is 11.6. The summed E-state index contributed by atoms with van der Waals surface area (Å²) in [7, 11) is 1.85. The molecule has 0 saturated heterocycles. The smallest absolute Gasteiger partial charge is 0.231 e. The highest BCUT2D eigenvalue weighted by Gasteiger charge is 2.17. The van der Waals surface area contributed by atoms with Crippen molar-refractivity contribution in [2.45, 2.75) is 6.10 Å². The van der Waals surface area contributed by atoms with Crippen LogP contribution < -0.4 is 14.4 Å². The normalized spacial score (nSPS) is 14.0. The average Bonchev–Trinajstić information content (AvgIpc) is 2.95. The number of benzene rings is 2. The lowest BCUT2D eigenvalue weighted by molar-refractivity contribution is 0.172. The number of likely N-dealkylation sites (N-methyl/N-ethyl adjacent to an activating group) is 1. The van der Waals surface area contributed by atoms with Gasteiger partial charge in [-0.05, 0) is 42.0 Å². The van der Waals surface area contributed by atoms with E-state index in [1.165, 1.54) is 12.1 Å². The molecule has 5 heteroatoms. The van der Waals surface area contributed by atoms with Gasteiger partial charge in [-0.2, -0.15) is 0 Å². The van der Waals surface area contributed by atoms with Crippen LogP contribution in [0.25, 0.3) is 0 Å². The second-order valence-electron chi connectivity index (χ2n) is 4.99. The second kappa shape index (κ2) is 5.61. The number of aliphatic hydroxyl groups is 1. The van der Waals surface area contributed by atoms with Crippen molar-refractivity contribution in [3.05, 3.63) is 53.8 Å². The summed E-state index contributed by atoms with van der Waals surface area (Å²) in [5.74, 6) is 1.07. The topological polar surface area (TPSA) is 41.9 Å². The van der Waals surface area contributed by atoms with E-state index in [-0.39, 0.29) is 12.6 Å². The summed E-state index contributed by atoms with van der Waals surface area (Å²) in [6.45, 7) is 0.607. The van der Waals surface area contributed by atoms with E-state index in [0.29, 0.717) is 18.0 Å². The Morgan fingerprint density at radius 1 is 1.14 bits per heavy atom. The van der Waals surface area contributed by atoms with Crippen LogP contribution in [-0.2, 0) is 0 Å². The van der Waals surface area contributed by atoms with Gasteiger partial charge in [0.1, 0.15) is 5.82 Å².